The van der Waals surface area contributed by atoms with E-state index in [4.69, 9.17) is 10.1 Å². The van der Waals surface area contributed by atoms with Gasteiger partial charge in [-0.25, -0.2) is 0 Å². The smallest absolute Gasteiger partial charge is 0.265 e. The van der Waals surface area contributed by atoms with Crippen molar-refractivity contribution in [2.45, 2.75) is 0 Å². The first-order valence-electron chi connectivity index (χ1n) is 0.812. The molecule has 0 aliphatic carbocycles. The van der Waals surface area contributed by atoms with Crippen LogP contribution in [0.25, 0.3) is 0 Å². The molecule has 5 heavy (non-hydrogen) atoms. The summed E-state index contributed by atoms with van der Waals surface area (Å²) < 4.78 is 0. The molecule has 0 aliphatic rings. The van der Waals surface area contributed by atoms with E-state index in [1.165, 1.54) is 0 Å². The summed E-state index contributed by atoms with van der Waals surface area (Å²) in [6.45, 7) is 0. The summed E-state index contributed by atoms with van der Waals surface area (Å²) in [7, 11) is 0.889. The maximum absolute atomic E-state index is 8.81. The Bertz CT molecular complexity index is 32.6. The number of nitrogens with zero attached hydrogens (tertiary/aromatic N) is 1. The molecule has 0 N–H and O–H groups in total. The van der Waals surface area contributed by atoms with Crippen LogP contribution in [-0.4, -0.2) is 12.0 Å². The van der Waals surface area contributed by atoms with Crippen molar-refractivity contribution >= 4 is 0 Å². The van der Waals surface area contributed by atoms with E-state index in [-0.39, 0.29) is 39.9 Å². The van der Waals surface area contributed by atoms with Crippen molar-refractivity contribution in [3.05, 3.63) is 10.1 Å². The average Bonchev–Trinajstić information content (AvgIpc) is 0.811. The average molecular weight is 218 g/mol. The number of nitro groups is 1. The minimum absolute atomic E-state index is 0. The van der Waals surface area contributed by atoms with Crippen molar-refractivity contribution in [2.24, 2.45) is 0 Å². The molecule has 0 aromatic carbocycles. The third kappa shape index (κ3) is 66.8. The van der Waals surface area contributed by atoms with Gasteiger partial charge in [-0.3, -0.25) is 10.1 Å². The van der Waals surface area contributed by atoms with E-state index >= 15 is 0 Å². The van der Waals surface area contributed by atoms with E-state index in [2.05, 4.69) is 0 Å². The molecule has 0 spiro atoms. The molecule has 0 fully saturated rings. The largest absolute Gasteiger partial charge is 3.00 e. The van der Waals surface area contributed by atoms with E-state index in [9.17, 15) is 0 Å². The molecule has 0 saturated heterocycles. The van der Waals surface area contributed by atoms with Gasteiger partial charge in [0.2, 0.25) is 0 Å². The fourth-order valence-corrected chi connectivity index (χ4v) is 0. The molecule has 0 bridgehead atoms. The molecule has 0 unspecified atom stereocenters. The molecule has 0 amide bonds. The van der Waals surface area contributed by atoms with Crippen LogP contribution in [0.15, 0.2) is 0 Å². The van der Waals surface area contributed by atoms with Crippen molar-refractivity contribution in [3.8, 4) is 0 Å². The van der Waals surface area contributed by atoms with Gasteiger partial charge in [0.15, 0.2) is 7.05 Å². The summed E-state index contributed by atoms with van der Waals surface area (Å²) in [6.07, 6.45) is 0. The van der Waals surface area contributed by atoms with Gasteiger partial charge in [-0.05, 0) is 0 Å². The van der Waals surface area contributed by atoms with Crippen LogP contribution < -0.4 is 0 Å². The summed E-state index contributed by atoms with van der Waals surface area (Å²) in [5.41, 5.74) is 0. The summed E-state index contributed by atoms with van der Waals surface area (Å²) in [5.74, 6) is 0. The quantitative estimate of drug-likeness (QED) is 0.421. The number of rotatable bonds is 0. The van der Waals surface area contributed by atoms with E-state index in [1.807, 2.05) is 0 Å². The monoisotopic (exact) mass is 219 g/mol. The number of hydrogen-bond donors (Lipinski definition) is 0. The fourth-order valence-electron chi connectivity index (χ4n) is 0. The van der Waals surface area contributed by atoms with Crippen LogP contribution in [0.4, 0.5) is 0 Å². The maximum Gasteiger partial charge on any atom is 3.00 e. The van der Waals surface area contributed by atoms with Gasteiger partial charge in [0.25, 0.3) is 0 Å². The van der Waals surface area contributed by atoms with Gasteiger partial charge in [-0.2, -0.15) is 0 Å². The maximum atomic E-state index is 8.81. The van der Waals surface area contributed by atoms with Crippen LogP contribution in [0.1, 0.15) is 0 Å². The standard InChI is InChI=1S/CH3NO2.Gd/c1-2(3)4;/h1H3;/q;+3. The van der Waals surface area contributed by atoms with Crippen LogP contribution in [-0.2, 0) is 0 Å². The Morgan fingerprint density at radius 2 is 1.80 bits per heavy atom. The molecule has 0 aliphatic heterocycles. The van der Waals surface area contributed by atoms with Crippen LogP contribution in [0, 0.1) is 50.1 Å². The molecular weight excluding hydrogens is 215 g/mol. The third-order valence-electron chi connectivity index (χ3n) is 0. The molecule has 0 rings (SSSR count). The summed E-state index contributed by atoms with van der Waals surface area (Å²) in [6, 6.07) is 0. The molecule has 4 heteroatoms. The predicted octanol–water partition coefficient (Wildman–Crippen LogP) is -0.107. The van der Waals surface area contributed by atoms with Crippen molar-refractivity contribution in [1.29, 1.82) is 0 Å². The fraction of sp³-hybridized carbons (Fsp3) is 1.00. The first kappa shape index (κ1) is 9.21. The SMILES string of the molecule is C[N+](=O)[O-].[Gd+3]. The zero-order valence-corrected chi connectivity index (χ0v) is 4.89. The van der Waals surface area contributed by atoms with Crippen LogP contribution in [0.2, 0.25) is 0 Å². The van der Waals surface area contributed by atoms with E-state index in [0.717, 1.165) is 7.05 Å². The Labute approximate surface area is 61.6 Å². The Balaban J connectivity index is 0. The van der Waals surface area contributed by atoms with Gasteiger partial charge in [0.05, 0.1) is 0 Å². The van der Waals surface area contributed by atoms with Crippen molar-refractivity contribution in [1.82, 2.24) is 0 Å². The molecule has 0 saturated carbocycles. The second kappa shape index (κ2) is 4.72. The minimum Gasteiger partial charge on any atom is -0.265 e. The first-order chi connectivity index (χ1) is 1.73. The van der Waals surface area contributed by atoms with Gasteiger partial charge < -0.3 is 0 Å². The Kier molecular flexibility index (Phi) is 8.70. The van der Waals surface area contributed by atoms with Crippen LogP contribution >= 0.6 is 0 Å². The molecule has 0 heterocycles. The molecule has 0 aromatic rings. The van der Waals surface area contributed by atoms with Crippen molar-refractivity contribution in [2.75, 3.05) is 7.05 Å². The van der Waals surface area contributed by atoms with Crippen molar-refractivity contribution in [3.63, 3.8) is 0 Å². The molecule has 0 aromatic heterocycles. The predicted molar refractivity (Wildman–Crippen MR) is 12.9 cm³/mol. The van der Waals surface area contributed by atoms with E-state index < -0.39 is 4.92 Å². The summed E-state index contributed by atoms with van der Waals surface area (Å²) >= 11 is 0. The Hall–Kier alpha value is 0.725. The Morgan fingerprint density at radius 1 is 1.80 bits per heavy atom. The normalized spacial score (nSPS) is 5.00. The van der Waals surface area contributed by atoms with Crippen LogP contribution in [0.5, 0.6) is 0 Å². The number of hydrogen-bond acceptors (Lipinski definition) is 2. The van der Waals surface area contributed by atoms with Gasteiger partial charge in [0.1, 0.15) is 0 Å². The minimum atomic E-state index is -0.500. The zero-order valence-electron chi connectivity index (χ0n) is 2.62. The molecule has 3 nitrogen and oxygen atoms in total. The molecule has 29 valence electrons. The van der Waals surface area contributed by atoms with Gasteiger partial charge >= 0.3 is 39.9 Å². The second-order valence-corrected chi connectivity index (χ2v) is 0.440. The third-order valence-corrected chi connectivity index (χ3v) is 0. The summed E-state index contributed by atoms with van der Waals surface area (Å²) in [5, 5.41) is 8.81. The van der Waals surface area contributed by atoms with Gasteiger partial charge in [0, 0.05) is 4.92 Å². The first-order valence-corrected chi connectivity index (χ1v) is 0.812. The van der Waals surface area contributed by atoms with Gasteiger partial charge in [-0.15, -0.1) is 0 Å². The second-order valence-electron chi connectivity index (χ2n) is 0.440. The van der Waals surface area contributed by atoms with Crippen molar-refractivity contribution < 1.29 is 44.9 Å². The molecule has 0 atom stereocenters. The molecule has 1 radical (unpaired) electrons. The Morgan fingerprint density at radius 3 is 1.80 bits per heavy atom. The molecular formula is CH3GdNO2+3. The zero-order chi connectivity index (χ0) is 3.58. The van der Waals surface area contributed by atoms with E-state index in [0.29, 0.717) is 0 Å². The summed E-state index contributed by atoms with van der Waals surface area (Å²) in [4.78, 5) is 8.31. The van der Waals surface area contributed by atoms with Crippen LogP contribution in [0.3, 0.4) is 0 Å². The topological polar surface area (TPSA) is 43.1 Å². The van der Waals surface area contributed by atoms with Gasteiger partial charge in [-0.1, -0.05) is 0 Å². The van der Waals surface area contributed by atoms with E-state index in [1.54, 1.807) is 0 Å².